The fraction of sp³-hybridized carbons (Fsp3) is 0.333. The number of β-amino-alcohol motifs (C(OH)–C–C–N with tert-alkyl or cyclic N) is 1. The fourth-order valence-corrected chi connectivity index (χ4v) is 2.50. The molecule has 8 heteroatoms. The number of aliphatic hydroxyl groups excluding tert-OH is 1. The molecule has 3 N–H and O–H groups in total. The van der Waals surface area contributed by atoms with Crippen molar-refractivity contribution >= 4 is 23.4 Å². The minimum Gasteiger partial charge on any atom is -0.478 e. The van der Waals surface area contributed by atoms with Gasteiger partial charge in [0.05, 0.1) is 23.6 Å². The highest BCUT2D eigenvalue weighted by molar-refractivity contribution is 5.88. The zero-order chi connectivity index (χ0) is 16.2. The third-order valence-electron chi connectivity index (χ3n) is 3.60. The number of aromatic carboxylic acids is 1. The number of rotatable bonds is 4. The van der Waals surface area contributed by atoms with E-state index in [0.717, 1.165) is 25.2 Å². The molecule has 0 radical (unpaired) electrons. The number of piperidine rings is 1. The van der Waals surface area contributed by atoms with Crippen molar-refractivity contribution in [1.82, 2.24) is 15.0 Å². The highest BCUT2D eigenvalue weighted by Gasteiger charge is 2.19. The van der Waals surface area contributed by atoms with Crippen LogP contribution in [-0.2, 0) is 0 Å². The first-order chi connectivity index (χ1) is 11.1. The van der Waals surface area contributed by atoms with Gasteiger partial charge in [-0.1, -0.05) is 0 Å². The minimum atomic E-state index is -1.04. The van der Waals surface area contributed by atoms with Crippen LogP contribution in [-0.4, -0.2) is 50.3 Å². The Labute approximate surface area is 132 Å². The van der Waals surface area contributed by atoms with Gasteiger partial charge in [0.25, 0.3) is 0 Å². The maximum atomic E-state index is 11.0. The molecule has 0 spiro atoms. The average Bonchev–Trinajstić information content (AvgIpc) is 2.55. The van der Waals surface area contributed by atoms with E-state index < -0.39 is 5.97 Å². The van der Waals surface area contributed by atoms with Crippen LogP contribution in [0.25, 0.3) is 0 Å². The molecule has 1 aliphatic heterocycles. The van der Waals surface area contributed by atoms with Gasteiger partial charge in [-0.05, 0) is 25.0 Å². The maximum Gasteiger partial charge on any atom is 0.337 e. The van der Waals surface area contributed by atoms with E-state index in [1.165, 1.54) is 18.5 Å². The van der Waals surface area contributed by atoms with Crippen molar-refractivity contribution in [3.05, 3.63) is 36.3 Å². The second kappa shape index (κ2) is 6.57. The van der Waals surface area contributed by atoms with Crippen molar-refractivity contribution in [1.29, 1.82) is 0 Å². The number of aromatic nitrogens is 3. The molecule has 3 rings (SSSR count). The Bertz CT molecular complexity index is 709. The highest BCUT2D eigenvalue weighted by atomic mass is 16.4. The Balaban J connectivity index is 1.77. The van der Waals surface area contributed by atoms with Crippen LogP contribution in [0.15, 0.2) is 30.7 Å². The van der Waals surface area contributed by atoms with Gasteiger partial charge in [0.2, 0.25) is 5.95 Å². The number of nitrogens with one attached hydrogen (secondary N) is 1. The Morgan fingerprint density at radius 3 is 3.04 bits per heavy atom. The van der Waals surface area contributed by atoms with Gasteiger partial charge in [-0.15, -0.1) is 0 Å². The van der Waals surface area contributed by atoms with Crippen molar-refractivity contribution in [2.24, 2.45) is 0 Å². The smallest absolute Gasteiger partial charge is 0.337 e. The summed E-state index contributed by atoms with van der Waals surface area (Å²) in [6.07, 6.45) is 5.79. The highest BCUT2D eigenvalue weighted by Crippen LogP contribution is 2.20. The molecule has 3 heterocycles. The van der Waals surface area contributed by atoms with Crippen molar-refractivity contribution in [2.45, 2.75) is 18.9 Å². The first-order valence-corrected chi connectivity index (χ1v) is 7.33. The first kappa shape index (κ1) is 15.2. The van der Waals surface area contributed by atoms with Crippen LogP contribution in [0.3, 0.4) is 0 Å². The molecule has 1 aliphatic rings. The summed E-state index contributed by atoms with van der Waals surface area (Å²) >= 11 is 0. The van der Waals surface area contributed by atoms with E-state index in [0.29, 0.717) is 18.2 Å². The standard InChI is InChI=1S/C15H17N5O3/c21-12-2-1-5-20(9-12)13-3-4-17-15(19-13)18-11-6-10(14(22)23)7-16-8-11/h3-4,6-8,12,21H,1-2,5,9H2,(H,22,23)(H,17,18,19). The number of hydrogen-bond donors (Lipinski definition) is 3. The van der Waals surface area contributed by atoms with Gasteiger partial charge in [0.15, 0.2) is 0 Å². The molecule has 1 atom stereocenters. The predicted octanol–water partition coefficient (Wildman–Crippen LogP) is 1.27. The molecule has 0 bridgehead atoms. The van der Waals surface area contributed by atoms with Gasteiger partial charge in [0, 0.05) is 25.5 Å². The Morgan fingerprint density at radius 1 is 1.39 bits per heavy atom. The van der Waals surface area contributed by atoms with E-state index >= 15 is 0 Å². The second-order valence-corrected chi connectivity index (χ2v) is 5.37. The maximum absolute atomic E-state index is 11.0. The van der Waals surface area contributed by atoms with Gasteiger partial charge in [0.1, 0.15) is 5.82 Å². The van der Waals surface area contributed by atoms with Crippen LogP contribution < -0.4 is 10.2 Å². The zero-order valence-electron chi connectivity index (χ0n) is 12.4. The van der Waals surface area contributed by atoms with Gasteiger partial charge in [-0.3, -0.25) is 4.98 Å². The number of carboxylic acids is 1. The summed E-state index contributed by atoms with van der Waals surface area (Å²) in [6.45, 7) is 1.38. The number of carboxylic acid groups (broad SMARTS) is 1. The van der Waals surface area contributed by atoms with E-state index in [9.17, 15) is 9.90 Å². The molecule has 2 aromatic rings. The lowest BCUT2D eigenvalue weighted by Crippen LogP contribution is -2.38. The summed E-state index contributed by atoms with van der Waals surface area (Å²) in [5.74, 6) is 0.0358. The molecule has 1 saturated heterocycles. The lowest BCUT2D eigenvalue weighted by molar-refractivity contribution is 0.0696. The van der Waals surface area contributed by atoms with E-state index in [1.54, 1.807) is 12.3 Å². The van der Waals surface area contributed by atoms with Gasteiger partial charge >= 0.3 is 5.97 Å². The summed E-state index contributed by atoms with van der Waals surface area (Å²) in [4.78, 5) is 25.4. The van der Waals surface area contributed by atoms with Gasteiger partial charge in [-0.2, -0.15) is 4.98 Å². The lowest BCUT2D eigenvalue weighted by atomic mass is 10.1. The molecule has 23 heavy (non-hydrogen) atoms. The molecule has 0 aromatic carbocycles. The number of aliphatic hydroxyl groups is 1. The third kappa shape index (κ3) is 3.72. The average molecular weight is 315 g/mol. The lowest BCUT2D eigenvalue weighted by Gasteiger charge is -2.31. The van der Waals surface area contributed by atoms with Gasteiger partial charge < -0.3 is 20.4 Å². The Hall–Kier alpha value is -2.74. The quantitative estimate of drug-likeness (QED) is 0.773. The van der Waals surface area contributed by atoms with Crippen molar-refractivity contribution in [2.75, 3.05) is 23.3 Å². The molecule has 0 saturated carbocycles. The zero-order valence-corrected chi connectivity index (χ0v) is 12.4. The summed E-state index contributed by atoms with van der Waals surface area (Å²) in [6, 6.07) is 3.26. The van der Waals surface area contributed by atoms with E-state index in [-0.39, 0.29) is 11.7 Å². The molecule has 0 aliphatic carbocycles. The summed E-state index contributed by atoms with van der Waals surface area (Å²) in [5, 5.41) is 21.7. The van der Waals surface area contributed by atoms with Crippen molar-refractivity contribution in [3.8, 4) is 0 Å². The minimum absolute atomic E-state index is 0.0882. The number of nitrogens with zero attached hydrogens (tertiary/aromatic N) is 4. The molecule has 0 amide bonds. The van der Waals surface area contributed by atoms with Crippen LogP contribution in [0.5, 0.6) is 0 Å². The molecule has 2 aromatic heterocycles. The molecule has 1 unspecified atom stereocenters. The molecular weight excluding hydrogens is 298 g/mol. The van der Waals surface area contributed by atoms with Crippen LogP contribution in [0.2, 0.25) is 0 Å². The van der Waals surface area contributed by atoms with Crippen LogP contribution in [0.1, 0.15) is 23.2 Å². The normalized spacial score (nSPS) is 17.8. The monoisotopic (exact) mass is 315 g/mol. The van der Waals surface area contributed by atoms with E-state index in [2.05, 4.69) is 20.3 Å². The number of hydrogen-bond acceptors (Lipinski definition) is 7. The molecule has 1 fully saturated rings. The Morgan fingerprint density at radius 2 is 2.26 bits per heavy atom. The number of anilines is 3. The summed E-state index contributed by atoms with van der Waals surface area (Å²) < 4.78 is 0. The Kier molecular flexibility index (Phi) is 4.33. The van der Waals surface area contributed by atoms with Crippen molar-refractivity contribution in [3.63, 3.8) is 0 Å². The van der Waals surface area contributed by atoms with E-state index in [1.807, 2.05) is 4.90 Å². The molecule has 8 nitrogen and oxygen atoms in total. The molecular formula is C15H17N5O3. The number of pyridine rings is 1. The first-order valence-electron chi connectivity index (χ1n) is 7.33. The molecule has 120 valence electrons. The van der Waals surface area contributed by atoms with Crippen LogP contribution >= 0.6 is 0 Å². The summed E-state index contributed by atoms with van der Waals surface area (Å²) in [5.41, 5.74) is 0.589. The van der Waals surface area contributed by atoms with Crippen LogP contribution in [0.4, 0.5) is 17.5 Å². The summed E-state index contributed by atoms with van der Waals surface area (Å²) in [7, 11) is 0. The topological polar surface area (TPSA) is 111 Å². The largest absolute Gasteiger partial charge is 0.478 e. The predicted molar refractivity (Wildman–Crippen MR) is 84.0 cm³/mol. The third-order valence-corrected chi connectivity index (χ3v) is 3.60. The SMILES string of the molecule is O=C(O)c1cncc(Nc2nccc(N3CCCC(O)C3)n2)c1. The second-order valence-electron chi connectivity index (χ2n) is 5.37. The van der Waals surface area contributed by atoms with Gasteiger partial charge in [-0.25, -0.2) is 9.78 Å². The van der Waals surface area contributed by atoms with E-state index in [4.69, 9.17) is 5.11 Å². The van der Waals surface area contributed by atoms with Crippen molar-refractivity contribution < 1.29 is 15.0 Å². The number of carbonyl (C=O) groups is 1. The fourth-order valence-electron chi connectivity index (χ4n) is 2.50. The van der Waals surface area contributed by atoms with Crippen LogP contribution in [0, 0.1) is 0 Å².